The minimum absolute atomic E-state index is 0.326. The van der Waals surface area contributed by atoms with E-state index in [0.29, 0.717) is 12.6 Å². The van der Waals surface area contributed by atoms with Gasteiger partial charge in [-0.2, -0.15) is 0 Å². The van der Waals surface area contributed by atoms with Gasteiger partial charge in [-0.05, 0) is 25.1 Å². The first kappa shape index (κ1) is 18.6. The molecule has 2 N–H and O–H groups in total. The lowest BCUT2D eigenvalue weighted by Gasteiger charge is -2.28. The van der Waals surface area contributed by atoms with Crippen LogP contribution in [0.4, 0.5) is 5.69 Å². The van der Waals surface area contributed by atoms with Gasteiger partial charge in [0.1, 0.15) is 5.75 Å². The van der Waals surface area contributed by atoms with E-state index in [9.17, 15) is 0 Å². The van der Waals surface area contributed by atoms with Gasteiger partial charge in [0.2, 0.25) is 0 Å². The largest absolute Gasteiger partial charge is 0.496 e. The van der Waals surface area contributed by atoms with Crippen molar-refractivity contribution in [1.82, 2.24) is 10.6 Å². The molecule has 5 nitrogen and oxygen atoms in total. The predicted octanol–water partition coefficient (Wildman–Crippen LogP) is 2.89. The Morgan fingerprint density at radius 3 is 2.44 bits per heavy atom. The number of hydrogen-bond acceptors (Lipinski definition) is 3. The zero-order valence-corrected chi connectivity index (χ0v) is 15.5. The van der Waals surface area contributed by atoms with Crippen LogP contribution in [0.25, 0.3) is 0 Å². The van der Waals surface area contributed by atoms with E-state index in [4.69, 9.17) is 4.74 Å². The Hall–Kier alpha value is -2.69. The zero-order chi connectivity index (χ0) is 18.1. The molecule has 0 aliphatic carbocycles. The highest BCUT2D eigenvalue weighted by Gasteiger charge is 2.10. The van der Waals surface area contributed by atoms with Crippen LogP contribution < -0.4 is 20.3 Å². The lowest BCUT2D eigenvalue weighted by molar-refractivity contribution is 0.409. The average molecular weight is 340 g/mol. The van der Waals surface area contributed by atoms with Crippen molar-refractivity contribution >= 4 is 11.6 Å². The maximum atomic E-state index is 5.38. The summed E-state index contributed by atoms with van der Waals surface area (Å²) < 4.78 is 5.38. The number of hydrogen-bond donors (Lipinski definition) is 2. The molecule has 134 valence electrons. The second-order valence-electron chi connectivity index (χ2n) is 5.91. The first-order valence-corrected chi connectivity index (χ1v) is 8.50. The Balaban J connectivity index is 1.86. The molecule has 0 heterocycles. The van der Waals surface area contributed by atoms with Gasteiger partial charge in [-0.1, -0.05) is 36.4 Å². The zero-order valence-electron chi connectivity index (χ0n) is 15.5. The number of methoxy groups -OCH3 is 1. The van der Waals surface area contributed by atoms with Crippen LogP contribution in [0.3, 0.4) is 0 Å². The average Bonchev–Trinajstić information content (AvgIpc) is 2.68. The highest BCUT2D eigenvalue weighted by molar-refractivity contribution is 5.79. The Kier molecular flexibility index (Phi) is 7.14. The fourth-order valence-corrected chi connectivity index (χ4v) is 2.55. The molecule has 2 rings (SSSR count). The Morgan fingerprint density at radius 1 is 1.08 bits per heavy atom. The van der Waals surface area contributed by atoms with E-state index in [1.165, 1.54) is 5.69 Å². The van der Waals surface area contributed by atoms with Gasteiger partial charge < -0.3 is 20.3 Å². The number of anilines is 1. The number of rotatable bonds is 7. The van der Waals surface area contributed by atoms with Gasteiger partial charge in [0.05, 0.1) is 7.11 Å². The molecule has 0 aliphatic rings. The third-order valence-electron chi connectivity index (χ3n) is 4.25. The number of benzene rings is 2. The van der Waals surface area contributed by atoms with Crippen molar-refractivity contribution < 1.29 is 4.74 Å². The van der Waals surface area contributed by atoms with Gasteiger partial charge in [-0.3, -0.25) is 4.99 Å². The molecule has 0 aromatic heterocycles. The lowest BCUT2D eigenvalue weighted by Crippen LogP contribution is -2.44. The molecule has 5 heteroatoms. The molecule has 0 fully saturated rings. The smallest absolute Gasteiger partial charge is 0.191 e. The van der Waals surface area contributed by atoms with Crippen molar-refractivity contribution in [3.05, 3.63) is 60.2 Å². The molecular formula is C20H28N4O. The molecule has 0 saturated carbocycles. The van der Waals surface area contributed by atoms with Crippen LogP contribution in [0.2, 0.25) is 0 Å². The van der Waals surface area contributed by atoms with Gasteiger partial charge in [-0.15, -0.1) is 0 Å². The summed E-state index contributed by atoms with van der Waals surface area (Å²) in [6.45, 7) is 3.64. The van der Waals surface area contributed by atoms with E-state index in [1.807, 2.05) is 30.3 Å². The van der Waals surface area contributed by atoms with Crippen molar-refractivity contribution in [2.75, 3.05) is 32.6 Å². The van der Waals surface area contributed by atoms with Gasteiger partial charge >= 0.3 is 0 Å². The second-order valence-corrected chi connectivity index (χ2v) is 5.91. The minimum Gasteiger partial charge on any atom is -0.496 e. The fourth-order valence-electron chi connectivity index (χ4n) is 2.55. The minimum atomic E-state index is 0.326. The van der Waals surface area contributed by atoms with Crippen molar-refractivity contribution in [1.29, 1.82) is 0 Å². The number of guanidine groups is 1. The molecule has 2 aromatic carbocycles. The normalized spacial score (nSPS) is 12.4. The van der Waals surface area contributed by atoms with E-state index < -0.39 is 0 Å². The van der Waals surface area contributed by atoms with Crippen LogP contribution >= 0.6 is 0 Å². The Bertz CT molecular complexity index is 672. The summed E-state index contributed by atoms with van der Waals surface area (Å²) in [4.78, 5) is 6.55. The van der Waals surface area contributed by atoms with Crippen molar-refractivity contribution in [3.8, 4) is 5.75 Å². The van der Waals surface area contributed by atoms with Gasteiger partial charge in [0.15, 0.2) is 5.96 Å². The summed E-state index contributed by atoms with van der Waals surface area (Å²) in [5.74, 6) is 1.65. The Morgan fingerprint density at radius 2 is 1.76 bits per heavy atom. The third-order valence-corrected chi connectivity index (χ3v) is 4.25. The lowest BCUT2D eigenvalue weighted by atomic mass is 10.2. The van der Waals surface area contributed by atoms with Gasteiger partial charge in [-0.25, -0.2) is 0 Å². The third kappa shape index (κ3) is 5.41. The second kappa shape index (κ2) is 9.57. The SMILES string of the molecule is CN=C(NCc1ccccc1OC)NCC(C)N(C)c1ccccc1. The molecule has 1 atom stereocenters. The van der Waals surface area contributed by atoms with E-state index in [0.717, 1.165) is 23.8 Å². The summed E-state index contributed by atoms with van der Waals surface area (Å²) in [7, 11) is 5.57. The van der Waals surface area contributed by atoms with E-state index in [-0.39, 0.29) is 0 Å². The first-order chi connectivity index (χ1) is 12.2. The molecule has 0 amide bonds. The molecule has 1 unspecified atom stereocenters. The van der Waals surface area contributed by atoms with Crippen LogP contribution in [0.5, 0.6) is 5.75 Å². The number of nitrogens with zero attached hydrogens (tertiary/aromatic N) is 2. The van der Waals surface area contributed by atoms with Crippen molar-refractivity contribution in [2.45, 2.75) is 19.5 Å². The summed E-state index contributed by atoms with van der Waals surface area (Å²) in [6, 6.07) is 18.7. The van der Waals surface area contributed by atoms with Crippen molar-refractivity contribution in [3.63, 3.8) is 0 Å². The number of para-hydroxylation sites is 2. The number of likely N-dealkylation sites (N-methyl/N-ethyl adjacent to an activating group) is 1. The maximum absolute atomic E-state index is 5.38. The summed E-state index contributed by atoms with van der Waals surface area (Å²) in [5.41, 5.74) is 2.30. The van der Waals surface area contributed by atoms with Crippen LogP contribution in [-0.4, -0.2) is 39.8 Å². The molecule has 0 radical (unpaired) electrons. The highest BCUT2D eigenvalue weighted by atomic mass is 16.5. The topological polar surface area (TPSA) is 48.9 Å². The van der Waals surface area contributed by atoms with Crippen LogP contribution in [0, 0.1) is 0 Å². The molecule has 0 spiro atoms. The van der Waals surface area contributed by atoms with Gasteiger partial charge in [0.25, 0.3) is 0 Å². The van der Waals surface area contributed by atoms with E-state index in [2.05, 4.69) is 58.8 Å². The quantitative estimate of drug-likeness (QED) is 0.601. The van der Waals surface area contributed by atoms with Crippen molar-refractivity contribution in [2.24, 2.45) is 4.99 Å². The van der Waals surface area contributed by atoms with Crippen LogP contribution in [-0.2, 0) is 6.54 Å². The highest BCUT2D eigenvalue weighted by Crippen LogP contribution is 2.16. The summed E-state index contributed by atoms with van der Waals surface area (Å²) in [5, 5.41) is 6.72. The molecule has 0 saturated heterocycles. The Labute approximate surface area is 150 Å². The summed E-state index contributed by atoms with van der Waals surface area (Å²) in [6.07, 6.45) is 0. The van der Waals surface area contributed by atoms with Gasteiger partial charge in [0, 0.05) is 44.5 Å². The van der Waals surface area contributed by atoms with E-state index in [1.54, 1.807) is 14.2 Å². The number of nitrogens with one attached hydrogen (secondary N) is 2. The number of ether oxygens (including phenoxy) is 1. The molecule has 2 aromatic rings. The summed E-state index contributed by atoms with van der Waals surface area (Å²) >= 11 is 0. The van der Waals surface area contributed by atoms with Crippen LogP contribution in [0.1, 0.15) is 12.5 Å². The molecule has 0 aliphatic heterocycles. The molecule has 25 heavy (non-hydrogen) atoms. The first-order valence-electron chi connectivity index (χ1n) is 8.50. The fraction of sp³-hybridized carbons (Fsp3) is 0.350. The monoisotopic (exact) mass is 340 g/mol. The number of aliphatic imine (C=N–C) groups is 1. The predicted molar refractivity (Wildman–Crippen MR) is 106 cm³/mol. The van der Waals surface area contributed by atoms with Crippen LogP contribution in [0.15, 0.2) is 59.6 Å². The maximum Gasteiger partial charge on any atom is 0.191 e. The van der Waals surface area contributed by atoms with E-state index >= 15 is 0 Å². The molecular weight excluding hydrogens is 312 g/mol. The standard InChI is InChI=1S/C20H28N4O/c1-16(24(3)18-11-6-5-7-12-18)14-22-20(21-2)23-15-17-10-8-9-13-19(17)25-4/h5-13,16H,14-15H2,1-4H3,(H2,21,22,23). The molecule has 0 bridgehead atoms.